The van der Waals surface area contributed by atoms with Crippen LogP contribution in [-0.4, -0.2) is 15.2 Å². The van der Waals surface area contributed by atoms with Crippen molar-refractivity contribution in [1.82, 2.24) is 15.2 Å². The number of nitrogens with one attached hydrogen (secondary N) is 1. The maximum absolute atomic E-state index is 4.09. The van der Waals surface area contributed by atoms with Gasteiger partial charge in [0.25, 0.3) is 0 Å². The zero-order valence-electron chi connectivity index (χ0n) is 8.14. The molecule has 0 aliphatic rings. The lowest BCUT2D eigenvalue weighted by atomic mass is 10.2. The van der Waals surface area contributed by atoms with E-state index in [2.05, 4.69) is 50.2 Å². The van der Waals surface area contributed by atoms with Crippen molar-refractivity contribution in [2.45, 2.75) is 17.3 Å². The molecular formula is C10H10BrN3S. The Bertz CT molecular complexity index is 413. The largest absolute Gasteiger partial charge is 0.254 e. The highest BCUT2D eigenvalue weighted by Gasteiger charge is 2.08. The maximum atomic E-state index is 4.09. The first-order valence-electron chi connectivity index (χ1n) is 4.53. The average Bonchev–Trinajstić information content (AvgIpc) is 2.71. The van der Waals surface area contributed by atoms with Gasteiger partial charge in [0, 0.05) is 9.72 Å². The van der Waals surface area contributed by atoms with Gasteiger partial charge in [0.1, 0.15) is 6.33 Å². The Hall–Kier alpha value is -0.810. The fourth-order valence-corrected chi connectivity index (χ4v) is 2.33. The van der Waals surface area contributed by atoms with E-state index in [0.29, 0.717) is 5.25 Å². The quantitative estimate of drug-likeness (QED) is 0.878. The van der Waals surface area contributed by atoms with Gasteiger partial charge in [-0.05, 0) is 24.6 Å². The number of hydrogen-bond donors (Lipinski definition) is 1. The predicted octanol–water partition coefficient (Wildman–Crippen LogP) is 3.42. The van der Waals surface area contributed by atoms with Crippen molar-refractivity contribution in [3.05, 3.63) is 40.6 Å². The second-order valence-corrected chi connectivity index (χ2v) is 5.35. The summed E-state index contributed by atoms with van der Waals surface area (Å²) < 4.78 is 1.10. The van der Waals surface area contributed by atoms with E-state index >= 15 is 0 Å². The zero-order valence-corrected chi connectivity index (χ0v) is 10.5. The summed E-state index contributed by atoms with van der Waals surface area (Å²) >= 11 is 5.08. The number of halogens is 1. The Kier molecular flexibility index (Phi) is 3.43. The minimum Gasteiger partial charge on any atom is -0.254 e. The van der Waals surface area contributed by atoms with Crippen LogP contribution in [0.1, 0.15) is 17.7 Å². The van der Waals surface area contributed by atoms with Gasteiger partial charge in [-0.1, -0.05) is 39.8 Å². The summed E-state index contributed by atoms with van der Waals surface area (Å²) in [6.45, 7) is 2.15. The van der Waals surface area contributed by atoms with E-state index in [0.717, 1.165) is 9.63 Å². The summed E-state index contributed by atoms with van der Waals surface area (Å²) in [7, 11) is 0. The molecule has 1 N–H and O–H groups in total. The van der Waals surface area contributed by atoms with E-state index in [9.17, 15) is 0 Å². The first kappa shape index (κ1) is 10.7. The summed E-state index contributed by atoms with van der Waals surface area (Å²) in [5, 5.41) is 7.88. The van der Waals surface area contributed by atoms with Gasteiger partial charge in [-0.15, -0.1) is 0 Å². The van der Waals surface area contributed by atoms with Gasteiger partial charge in [-0.3, -0.25) is 5.10 Å². The molecule has 0 aliphatic carbocycles. The van der Waals surface area contributed by atoms with Crippen LogP contribution in [0.4, 0.5) is 0 Å². The van der Waals surface area contributed by atoms with E-state index in [1.54, 1.807) is 11.8 Å². The summed E-state index contributed by atoms with van der Waals surface area (Å²) in [5.41, 5.74) is 1.28. The van der Waals surface area contributed by atoms with Crippen LogP contribution in [0, 0.1) is 0 Å². The summed E-state index contributed by atoms with van der Waals surface area (Å²) in [6, 6.07) is 8.32. The molecule has 1 aromatic heterocycles. The van der Waals surface area contributed by atoms with E-state index < -0.39 is 0 Å². The van der Waals surface area contributed by atoms with Crippen molar-refractivity contribution in [2.24, 2.45) is 0 Å². The molecule has 0 saturated heterocycles. The van der Waals surface area contributed by atoms with Gasteiger partial charge in [0.05, 0.1) is 0 Å². The lowest BCUT2D eigenvalue weighted by molar-refractivity contribution is 0.959. The molecule has 1 heterocycles. The monoisotopic (exact) mass is 283 g/mol. The van der Waals surface area contributed by atoms with Crippen LogP contribution in [0.25, 0.3) is 0 Å². The molecule has 2 rings (SSSR count). The summed E-state index contributed by atoms with van der Waals surface area (Å²) in [4.78, 5) is 4.09. The molecule has 1 aromatic carbocycles. The number of rotatable bonds is 3. The highest BCUT2D eigenvalue weighted by Crippen LogP contribution is 2.32. The number of aromatic nitrogens is 3. The van der Waals surface area contributed by atoms with Crippen molar-refractivity contribution < 1.29 is 0 Å². The molecule has 5 heteroatoms. The topological polar surface area (TPSA) is 41.6 Å². The molecule has 78 valence electrons. The predicted molar refractivity (Wildman–Crippen MR) is 64.8 cm³/mol. The third kappa shape index (κ3) is 2.82. The number of hydrogen-bond acceptors (Lipinski definition) is 3. The SMILES string of the molecule is CC(Sc1ncn[nH]1)c1ccc(Br)cc1. The van der Waals surface area contributed by atoms with E-state index in [4.69, 9.17) is 0 Å². The number of H-pyrrole nitrogens is 1. The summed E-state index contributed by atoms with van der Waals surface area (Å²) in [6.07, 6.45) is 1.52. The van der Waals surface area contributed by atoms with Crippen LogP contribution in [0.15, 0.2) is 40.2 Å². The highest BCUT2D eigenvalue weighted by molar-refractivity contribution is 9.10. The van der Waals surface area contributed by atoms with E-state index in [1.807, 2.05) is 12.1 Å². The van der Waals surface area contributed by atoms with Crippen LogP contribution in [0.5, 0.6) is 0 Å². The van der Waals surface area contributed by atoms with Crippen LogP contribution in [-0.2, 0) is 0 Å². The van der Waals surface area contributed by atoms with Gasteiger partial charge in [-0.25, -0.2) is 4.98 Å². The first-order chi connectivity index (χ1) is 7.25. The van der Waals surface area contributed by atoms with Crippen molar-refractivity contribution >= 4 is 27.7 Å². The second kappa shape index (κ2) is 4.81. The van der Waals surface area contributed by atoms with Crippen molar-refractivity contribution in [2.75, 3.05) is 0 Å². The second-order valence-electron chi connectivity index (χ2n) is 3.10. The smallest absolute Gasteiger partial charge is 0.183 e. The molecule has 0 bridgehead atoms. The van der Waals surface area contributed by atoms with Gasteiger partial charge in [0.15, 0.2) is 5.16 Å². The Labute approximate surface area is 101 Å². The molecular weight excluding hydrogens is 274 g/mol. The fourth-order valence-electron chi connectivity index (χ4n) is 1.22. The Morgan fingerprint density at radius 3 is 2.67 bits per heavy atom. The lowest BCUT2D eigenvalue weighted by Crippen LogP contribution is -1.88. The molecule has 0 fully saturated rings. The normalized spacial score (nSPS) is 12.7. The molecule has 0 radical (unpaired) electrons. The zero-order chi connectivity index (χ0) is 10.7. The number of nitrogens with zero attached hydrogens (tertiary/aromatic N) is 2. The molecule has 15 heavy (non-hydrogen) atoms. The minimum atomic E-state index is 0.367. The molecule has 0 spiro atoms. The molecule has 0 saturated carbocycles. The fraction of sp³-hybridized carbons (Fsp3) is 0.200. The van der Waals surface area contributed by atoms with E-state index in [1.165, 1.54) is 11.9 Å². The average molecular weight is 284 g/mol. The van der Waals surface area contributed by atoms with Crippen LogP contribution < -0.4 is 0 Å². The summed E-state index contributed by atoms with van der Waals surface area (Å²) in [5.74, 6) is 0. The standard InChI is InChI=1S/C10H10BrN3S/c1-7(15-10-12-6-13-14-10)8-2-4-9(11)5-3-8/h2-7H,1H3,(H,12,13,14). The minimum absolute atomic E-state index is 0.367. The van der Waals surface area contributed by atoms with Gasteiger partial charge in [0.2, 0.25) is 0 Å². The van der Waals surface area contributed by atoms with Crippen molar-refractivity contribution in [3.8, 4) is 0 Å². The van der Waals surface area contributed by atoms with Crippen LogP contribution in [0.2, 0.25) is 0 Å². The number of benzene rings is 1. The van der Waals surface area contributed by atoms with Gasteiger partial charge in [-0.2, -0.15) is 5.10 Å². The molecule has 3 nitrogen and oxygen atoms in total. The Balaban J connectivity index is 2.08. The molecule has 1 atom stereocenters. The molecule has 0 aliphatic heterocycles. The van der Waals surface area contributed by atoms with E-state index in [-0.39, 0.29) is 0 Å². The number of thioether (sulfide) groups is 1. The highest BCUT2D eigenvalue weighted by atomic mass is 79.9. The van der Waals surface area contributed by atoms with Crippen LogP contribution in [0.3, 0.4) is 0 Å². The lowest BCUT2D eigenvalue weighted by Gasteiger charge is -2.08. The van der Waals surface area contributed by atoms with Crippen molar-refractivity contribution in [1.29, 1.82) is 0 Å². The van der Waals surface area contributed by atoms with Crippen molar-refractivity contribution in [3.63, 3.8) is 0 Å². The molecule has 1 unspecified atom stereocenters. The molecule has 2 aromatic rings. The van der Waals surface area contributed by atoms with Gasteiger partial charge >= 0.3 is 0 Å². The first-order valence-corrected chi connectivity index (χ1v) is 6.20. The van der Waals surface area contributed by atoms with Crippen LogP contribution >= 0.6 is 27.7 Å². The number of aromatic amines is 1. The Morgan fingerprint density at radius 2 is 2.07 bits per heavy atom. The van der Waals surface area contributed by atoms with Gasteiger partial charge < -0.3 is 0 Å². The Morgan fingerprint density at radius 1 is 1.33 bits per heavy atom. The third-order valence-electron chi connectivity index (χ3n) is 2.02. The molecule has 0 amide bonds. The maximum Gasteiger partial charge on any atom is 0.183 e. The third-order valence-corrected chi connectivity index (χ3v) is 3.60.